The molecule has 0 fully saturated rings. The number of hydrogen-bond acceptors (Lipinski definition) is 2. The van der Waals surface area contributed by atoms with Crippen LogP contribution in [0.2, 0.25) is 20.1 Å². The van der Waals surface area contributed by atoms with Crippen molar-refractivity contribution in [3.63, 3.8) is 0 Å². The first-order chi connectivity index (χ1) is 10.4. The maximum absolute atomic E-state index is 12.0. The summed E-state index contributed by atoms with van der Waals surface area (Å²) in [5, 5.41) is 11.7. The lowest BCUT2D eigenvalue weighted by Crippen LogP contribution is -2.31. The largest absolute Gasteiger partial charge is 0.310 e. The molecule has 0 aliphatic heterocycles. The Hall–Kier alpha value is -1.26. The van der Waals surface area contributed by atoms with E-state index in [0.717, 1.165) is 0 Å². The number of halogens is 4. The zero-order valence-corrected chi connectivity index (χ0v) is 14.0. The van der Waals surface area contributed by atoms with Crippen molar-refractivity contribution in [3.05, 3.63) is 67.6 Å². The van der Waals surface area contributed by atoms with Crippen LogP contribution < -0.4 is 5.32 Å². The molecule has 0 atom stereocenters. The van der Waals surface area contributed by atoms with Crippen LogP contribution in [-0.2, 0) is 11.2 Å². The second-order valence-corrected chi connectivity index (χ2v) is 5.99. The maximum Gasteiger partial charge on any atom is 0.230 e. The fourth-order valence-electron chi connectivity index (χ4n) is 1.76. The van der Waals surface area contributed by atoms with Crippen LogP contribution >= 0.6 is 46.4 Å². The smallest absolute Gasteiger partial charge is 0.230 e. The zero-order chi connectivity index (χ0) is 16.3. The van der Waals surface area contributed by atoms with Gasteiger partial charge in [0.1, 0.15) is 5.84 Å². The fraction of sp³-hybridized carbons (Fsp3) is 0.0667. The van der Waals surface area contributed by atoms with E-state index >= 15 is 0 Å². The summed E-state index contributed by atoms with van der Waals surface area (Å²) in [6.45, 7) is 0. The SMILES string of the molecule is N=C(NC(=O)Cc1c(Cl)cccc1Cl)c1cc(Cl)[c]c(Cl)c1. The maximum atomic E-state index is 12.0. The number of carbonyl (C=O) groups excluding carboxylic acids is 1. The normalized spacial score (nSPS) is 10.4. The molecular formula is C15H9Cl4N2O. The summed E-state index contributed by atoms with van der Waals surface area (Å²) < 4.78 is 0. The predicted molar refractivity (Wildman–Crippen MR) is 90.4 cm³/mol. The van der Waals surface area contributed by atoms with E-state index in [4.69, 9.17) is 51.8 Å². The highest BCUT2D eigenvalue weighted by Gasteiger charge is 2.13. The Bertz CT molecular complexity index is 706. The first kappa shape index (κ1) is 17.1. The van der Waals surface area contributed by atoms with Crippen LogP contribution in [0.4, 0.5) is 0 Å². The lowest BCUT2D eigenvalue weighted by molar-refractivity contribution is -0.119. The van der Waals surface area contributed by atoms with Crippen LogP contribution in [-0.4, -0.2) is 11.7 Å². The van der Waals surface area contributed by atoms with Gasteiger partial charge in [-0.05, 0) is 29.8 Å². The highest BCUT2D eigenvalue weighted by molar-refractivity contribution is 6.36. The summed E-state index contributed by atoms with van der Waals surface area (Å²) in [7, 11) is 0. The molecule has 0 unspecified atom stereocenters. The van der Waals surface area contributed by atoms with Gasteiger partial charge in [0.15, 0.2) is 0 Å². The van der Waals surface area contributed by atoms with E-state index in [9.17, 15) is 4.79 Å². The molecular weight excluding hydrogens is 366 g/mol. The van der Waals surface area contributed by atoms with Crippen molar-refractivity contribution < 1.29 is 4.79 Å². The number of benzene rings is 2. The van der Waals surface area contributed by atoms with E-state index in [0.29, 0.717) is 21.2 Å². The van der Waals surface area contributed by atoms with E-state index in [1.54, 1.807) is 18.2 Å². The number of nitrogens with one attached hydrogen (secondary N) is 2. The second-order valence-electron chi connectivity index (χ2n) is 4.37. The summed E-state index contributed by atoms with van der Waals surface area (Å²) >= 11 is 23.7. The van der Waals surface area contributed by atoms with Gasteiger partial charge in [-0.1, -0.05) is 52.5 Å². The van der Waals surface area contributed by atoms with E-state index in [2.05, 4.69) is 11.4 Å². The average molecular weight is 375 g/mol. The fourth-order valence-corrected chi connectivity index (χ4v) is 2.78. The third-order valence-corrected chi connectivity index (χ3v) is 3.87. The van der Waals surface area contributed by atoms with Gasteiger partial charge in [-0.25, -0.2) is 0 Å². The molecule has 2 aromatic rings. The van der Waals surface area contributed by atoms with Gasteiger partial charge < -0.3 is 5.32 Å². The molecule has 0 aliphatic rings. The van der Waals surface area contributed by atoms with Crippen molar-refractivity contribution in [1.82, 2.24) is 5.32 Å². The summed E-state index contributed by atoms with van der Waals surface area (Å²) in [6.07, 6.45) is -0.0404. The number of amidine groups is 1. The third-order valence-electron chi connectivity index (χ3n) is 2.76. The van der Waals surface area contributed by atoms with Gasteiger partial charge in [-0.3, -0.25) is 10.2 Å². The molecule has 0 bridgehead atoms. The van der Waals surface area contributed by atoms with Crippen molar-refractivity contribution >= 4 is 58.1 Å². The average Bonchev–Trinajstić information content (AvgIpc) is 2.42. The molecule has 0 saturated carbocycles. The summed E-state index contributed by atoms with van der Waals surface area (Å²) in [6, 6.07) is 10.6. The zero-order valence-electron chi connectivity index (χ0n) is 11.0. The molecule has 0 aromatic heterocycles. The number of hydrogen-bond donors (Lipinski definition) is 2. The highest BCUT2D eigenvalue weighted by atomic mass is 35.5. The molecule has 2 N–H and O–H groups in total. The van der Waals surface area contributed by atoms with Gasteiger partial charge in [0.05, 0.1) is 16.5 Å². The quantitative estimate of drug-likeness (QED) is 0.589. The Balaban J connectivity index is 2.10. The van der Waals surface area contributed by atoms with Crippen LogP contribution in [0.1, 0.15) is 11.1 Å². The summed E-state index contributed by atoms with van der Waals surface area (Å²) in [5.41, 5.74) is 0.890. The Labute approximate surface area is 147 Å². The minimum absolute atomic E-state index is 0.0404. The van der Waals surface area contributed by atoms with E-state index in [-0.39, 0.29) is 22.3 Å². The molecule has 22 heavy (non-hydrogen) atoms. The summed E-state index contributed by atoms with van der Waals surface area (Å²) in [4.78, 5) is 12.0. The first-order valence-corrected chi connectivity index (χ1v) is 7.58. The Morgan fingerprint density at radius 3 is 2.18 bits per heavy atom. The highest BCUT2D eigenvalue weighted by Crippen LogP contribution is 2.24. The van der Waals surface area contributed by atoms with E-state index in [1.807, 2.05) is 0 Å². The van der Waals surface area contributed by atoms with Gasteiger partial charge in [-0.2, -0.15) is 0 Å². The molecule has 7 heteroatoms. The van der Waals surface area contributed by atoms with Gasteiger partial charge in [0, 0.05) is 21.7 Å². The Morgan fingerprint density at radius 2 is 1.64 bits per heavy atom. The molecule has 0 aliphatic carbocycles. The lowest BCUT2D eigenvalue weighted by Gasteiger charge is -2.09. The van der Waals surface area contributed by atoms with Crippen LogP contribution in [0.25, 0.3) is 0 Å². The van der Waals surface area contributed by atoms with Crippen molar-refractivity contribution in [2.75, 3.05) is 0 Å². The molecule has 2 rings (SSSR count). The molecule has 1 amide bonds. The predicted octanol–water partition coefficient (Wildman–Crippen LogP) is 4.78. The molecule has 113 valence electrons. The Morgan fingerprint density at radius 1 is 1.09 bits per heavy atom. The standard InChI is InChI=1S/C15H9Cl4N2O/c16-9-4-8(5-10(17)6-9)15(20)21-14(22)7-11-12(18)2-1-3-13(11)19/h1-5H,7H2,(H2,20,21,22). The lowest BCUT2D eigenvalue weighted by atomic mass is 10.1. The third kappa shape index (κ3) is 4.37. The van der Waals surface area contributed by atoms with E-state index in [1.165, 1.54) is 12.1 Å². The topological polar surface area (TPSA) is 53.0 Å². The number of amides is 1. The Kier molecular flexibility index (Phi) is 5.70. The first-order valence-electron chi connectivity index (χ1n) is 6.07. The van der Waals surface area contributed by atoms with E-state index < -0.39 is 5.91 Å². The van der Waals surface area contributed by atoms with Gasteiger partial charge in [0.25, 0.3) is 0 Å². The van der Waals surface area contributed by atoms with Crippen molar-refractivity contribution in [1.29, 1.82) is 5.41 Å². The van der Waals surface area contributed by atoms with Crippen molar-refractivity contribution in [3.8, 4) is 0 Å². The minimum atomic E-state index is -0.417. The van der Waals surface area contributed by atoms with Crippen LogP contribution in [0.3, 0.4) is 0 Å². The van der Waals surface area contributed by atoms with Crippen LogP contribution in [0.15, 0.2) is 30.3 Å². The number of carbonyl (C=O) groups is 1. The van der Waals surface area contributed by atoms with Gasteiger partial charge in [-0.15, -0.1) is 0 Å². The molecule has 2 aromatic carbocycles. The second kappa shape index (κ2) is 7.34. The van der Waals surface area contributed by atoms with Crippen molar-refractivity contribution in [2.24, 2.45) is 0 Å². The summed E-state index contributed by atoms with van der Waals surface area (Å²) in [5.74, 6) is -0.536. The molecule has 0 heterocycles. The molecule has 0 saturated heterocycles. The van der Waals surface area contributed by atoms with Gasteiger partial charge in [0.2, 0.25) is 5.91 Å². The van der Waals surface area contributed by atoms with Crippen LogP contribution in [0, 0.1) is 11.5 Å². The monoisotopic (exact) mass is 373 g/mol. The van der Waals surface area contributed by atoms with Crippen molar-refractivity contribution in [2.45, 2.75) is 6.42 Å². The number of rotatable bonds is 3. The molecule has 1 radical (unpaired) electrons. The van der Waals surface area contributed by atoms with Crippen LogP contribution in [0.5, 0.6) is 0 Å². The van der Waals surface area contributed by atoms with Gasteiger partial charge >= 0.3 is 0 Å². The molecule has 0 spiro atoms. The minimum Gasteiger partial charge on any atom is -0.310 e. The molecule has 3 nitrogen and oxygen atoms in total.